The van der Waals surface area contributed by atoms with E-state index in [9.17, 15) is 9.18 Å². The predicted molar refractivity (Wildman–Crippen MR) is 65.9 cm³/mol. The van der Waals surface area contributed by atoms with Gasteiger partial charge in [-0.1, -0.05) is 11.6 Å². The van der Waals surface area contributed by atoms with Crippen LogP contribution in [0.4, 0.5) is 4.39 Å². The number of fused-ring (bicyclic) bond motifs is 1. The molecule has 2 aromatic rings. The van der Waals surface area contributed by atoms with E-state index in [2.05, 4.69) is 10.3 Å². The predicted octanol–water partition coefficient (Wildman–Crippen LogP) is 3.10. The van der Waals surface area contributed by atoms with E-state index in [4.69, 9.17) is 11.6 Å². The van der Waals surface area contributed by atoms with Crippen molar-refractivity contribution in [3.8, 4) is 0 Å². The first-order valence-corrected chi connectivity index (χ1v) is 5.64. The smallest absolute Gasteiger partial charge is 0.267 e. The average Bonchev–Trinajstić information content (AvgIpc) is 2.60. The van der Waals surface area contributed by atoms with Crippen LogP contribution in [0.15, 0.2) is 18.2 Å². The highest BCUT2D eigenvalue weighted by atomic mass is 35.5. The number of carbonyl (C=O) groups excluding carboxylic acids is 1. The fourth-order valence-electron chi connectivity index (χ4n) is 1.62. The molecule has 0 saturated heterocycles. The highest BCUT2D eigenvalue weighted by molar-refractivity contribution is 6.35. The molecular weight excluding hydrogens is 243 g/mol. The number of aromatic nitrogens is 1. The second-order valence-corrected chi connectivity index (χ2v) is 4.57. The summed E-state index contributed by atoms with van der Waals surface area (Å²) in [5.41, 5.74) is 0.894. The lowest BCUT2D eigenvalue weighted by Crippen LogP contribution is -2.30. The van der Waals surface area contributed by atoms with Crippen LogP contribution in [0.3, 0.4) is 0 Å². The van der Waals surface area contributed by atoms with E-state index in [1.165, 1.54) is 12.1 Å². The van der Waals surface area contributed by atoms with Gasteiger partial charge in [-0.3, -0.25) is 4.79 Å². The topological polar surface area (TPSA) is 44.9 Å². The minimum Gasteiger partial charge on any atom is -0.350 e. The van der Waals surface area contributed by atoms with Gasteiger partial charge in [0.1, 0.15) is 11.5 Å². The molecule has 0 spiro atoms. The van der Waals surface area contributed by atoms with E-state index < -0.39 is 5.82 Å². The third kappa shape index (κ3) is 2.42. The van der Waals surface area contributed by atoms with Crippen LogP contribution in [0.1, 0.15) is 24.3 Å². The third-order valence-electron chi connectivity index (χ3n) is 2.32. The van der Waals surface area contributed by atoms with E-state index in [1.807, 2.05) is 13.8 Å². The second kappa shape index (κ2) is 4.37. The largest absolute Gasteiger partial charge is 0.350 e. The molecule has 1 aromatic carbocycles. The molecule has 0 saturated carbocycles. The number of H-pyrrole nitrogens is 1. The lowest BCUT2D eigenvalue weighted by Gasteiger charge is -2.05. The molecule has 0 bridgehead atoms. The maximum Gasteiger partial charge on any atom is 0.267 e. The average molecular weight is 255 g/mol. The molecule has 90 valence electrons. The van der Waals surface area contributed by atoms with Crippen molar-refractivity contribution in [3.63, 3.8) is 0 Å². The van der Waals surface area contributed by atoms with E-state index in [0.29, 0.717) is 21.6 Å². The SMILES string of the molecule is CC(C)NC(=O)c1cc2c(Cl)cc(F)cc2[nH]1. The van der Waals surface area contributed by atoms with Crippen LogP contribution in [0, 0.1) is 5.82 Å². The van der Waals surface area contributed by atoms with Crippen LogP contribution in [-0.2, 0) is 0 Å². The molecule has 1 aromatic heterocycles. The Kier molecular flexibility index (Phi) is 3.07. The van der Waals surface area contributed by atoms with Crippen molar-refractivity contribution < 1.29 is 9.18 Å². The third-order valence-corrected chi connectivity index (χ3v) is 2.63. The van der Waals surface area contributed by atoms with Gasteiger partial charge in [-0.25, -0.2) is 4.39 Å². The lowest BCUT2D eigenvalue weighted by atomic mass is 10.2. The Balaban J connectivity index is 2.44. The van der Waals surface area contributed by atoms with Gasteiger partial charge in [-0.15, -0.1) is 0 Å². The Labute approximate surface area is 103 Å². The number of hydrogen-bond acceptors (Lipinski definition) is 1. The summed E-state index contributed by atoms with van der Waals surface area (Å²) in [6.07, 6.45) is 0. The molecule has 0 aliphatic heterocycles. The van der Waals surface area contributed by atoms with Crippen LogP contribution < -0.4 is 5.32 Å². The van der Waals surface area contributed by atoms with Crippen LogP contribution in [-0.4, -0.2) is 16.9 Å². The fourth-order valence-corrected chi connectivity index (χ4v) is 1.88. The molecule has 1 amide bonds. The highest BCUT2D eigenvalue weighted by Gasteiger charge is 2.12. The van der Waals surface area contributed by atoms with Crippen molar-refractivity contribution in [2.24, 2.45) is 0 Å². The van der Waals surface area contributed by atoms with E-state index >= 15 is 0 Å². The van der Waals surface area contributed by atoms with Crippen LogP contribution in [0.5, 0.6) is 0 Å². The van der Waals surface area contributed by atoms with Gasteiger partial charge >= 0.3 is 0 Å². The number of carbonyl (C=O) groups is 1. The van der Waals surface area contributed by atoms with Gasteiger partial charge in [0.2, 0.25) is 0 Å². The minimum absolute atomic E-state index is 0.0427. The number of rotatable bonds is 2. The molecule has 0 unspecified atom stereocenters. The first-order chi connectivity index (χ1) is 7.97. The van der Waals surface area contributed by atoms with E-state index in [-0.39, 0.29) is 11.9 Å². The standard InChI is InChI=1S/C12H12ClFN2O/c1-6(2)15-12(17)11-5-8-9(13)3-7(14)4-10(8)16-11/h3-6,16H,1-2H3,(H,15,17). The molecule has 0 aliphatic carbocycles. The second-order valence-electron chi connectivity index (χ2n) is 4.16. The molecule has 17 heavy (non-hydrogen) atoms. The fraction of sp³-hybridized carbons (Fsp3) is 0.250. The van der Waals surface area contributed by atoms with Gasteiger partial charge in [0.15, 0.2) is 0 Å². The summed E-state index contributed by atoms with van der Waals surface area (Å²) in [4.78, 5) is 14.6. The van der Waals surface area contributed by atoms with Crippen LogP contribution in [0.2, 0.25) is 5.02 Å². The Hall–Kier alpha value is -1.55. The molecule has 2 N–H and O–H groups in total. The zero-order chi connectivity index (χ0) is 12.6. The van der Waals surface area contributed by atoms with Gasteiger partial charge < -0.3 is 10.3 Å². The Bertz CT molecular complexity index is 577. The summed E-state index contributed by atoms with van der Waals surface area (Å²) in [7, 11) is 0. The normalized spacial score (nSPS) is 11.1. The lowest BCUT2D eigenvalue weighted by molar-refractivity contribution is 0.0939. The Morgan fingerprint density at radius 2 is 2.12 bits per heavy atom. The van der Waals surface area contributed by atoms with Crippen molar-refractivity contribution in [3.05, 3.63) is 34.7 Å². The van der Waals surface area contributed by atoms with E-state index in [0.717, 1.165) is 0 Å². The molecule has 0 radical (unpaired) electrons. The van der Waals surface area contributed by atoms with Crippen LogP contribution >= 0.6 is 11.6 Å². The van der Waals surface area contributed by atoms with Crippen molar-refractivity contribution in [2.45, 2.75) is 19.9 Å². The first kappa shape index (κ1) is 11.9. The zero-order valence-corrected chi connectivity index (χ0v) is 10.2. The molecule has 5 heteroatoms. The van der Waals surface area contributed by atoms with Gasteiger partial charge in [-0.05, 0) is 32.0 Å². The number of nitrogens with one attached hydrogen (secondary N) is 2. The van der Waals surface area contributed by atoms with Crippen molar-refractivity contribution in [1.82, 2.24) is 10.3 Å². The van der Waals surface area contributed by atoms with Crippen molar-refractivity contribution >= 4 is 28.4 Å². The molecule has 1 heterocycles. The molecular formula is C12H12ClFN2O. The maximum atomic E-state index is 13.1. The molecule has 0 aliphatic rings. The number of benzene rings is 1. The summed E-state index contributed by atoms with van der Waals surface area (Å²) in [6.45, 7) is 3.74. The van der Waals surface area contributed by atoms with Crippen molar-refractivity contribution in [1.29, 1.82) is 0 Å². The monoisotopic (exact) mass is 254 g/mol. The number of halogens is 2. The summed E-state index contributed by atoms with van der Waals surface area (Å²) in [5.74, 6) is -0.659. The molecule has 0 fully saturated rings. The summed E-state index contributed by atoms with van der Waals surface area (Å²) in [6, 6.07) is 4.20. The van der Waals surface area contributed by atoms with Gasteiger partial charge in [0.25, 0.3) is 5.91 Å². The van der Waals surface area contributed by atoms with Gasteiger partial charge in [0, 0.05) is 11.4 Å². The maximum absolute atomic E-state index is 13.1. The summed E-state index contributed by atoms with van der Waals surface area (Å²) >= 11 is 5.89. The van der Waals surface area contributed by atoms with Crippen LogP contribution in [0.25, 0.3) is 10.9 Å². The minimum atomic E-state index is -0.430. The number of aromatic amines is 1. The molecule has 2 rings (SSSR count). The van der Waals surface area contributed by atoms with Gasteiger partial charge in [-0.2, -0.15) is 0 Å². The number of hydrogen-bond donors (Lipinski definition) is 2. The molecule has 3 nitrogen and oxygen atoms in total. The Morgan fingerprint density at radius 3 is 2.76 bits per heavy atom. The molecule has 0 atom stereocenters. The van der Waals surface area contributed by atoms with Crippen molar-refractivity contribution in [2.75, 3.05) is 0 Å². The first-order valence-electron chi connectivity index (χ1n) is 5.26. The van der Waals surface area contributed by atoms with E-state index in [1.54, 1.807) is 6.07 Å². The Morgan fingerprint density at radius 1 is 1.41 bits per heavy atom. The summed E-state index contributed by atoms with van der Waals surface area (Å²) in [5, 5.41) is 3.68. The van der Waals surface area contributed by atoms with Gasteiger partial charge in [0.05, 0.1) is 10.5 Å². The summed E-state index contributed by atoms with van der Waals surface area (Å²) < 4.78 is 13.1. The zero-order valence-electron chi connectivity index (χ0n) is 9.47. The highest BCUT2D eigenvalue weighted by Crippen LogP contribution is 2.25. The number of amides is 1. The quantitative estimate of drug-likeness (QED) is 0.850.